The Bertz CT molecular complexity index is 668. The van der Waals surface area contributed by atoms with Gasteiger partial charge in [0.25, 0.3) is 0 Å². The maximum Gasteiger partial charge on any atom is 0.240 e. The fourth-order valence-corrected chi connectivity index (χ4v) is 2.74. The van der Waals surface area contributed by atoms with Gasteiger partial charge in [-0.1, -0.05) is 0 Å². The normalized spacial score (nSPS) is 11.5. The van der Waals surface area contributed by atoms with Crippen LogP contribution in [-0.4, -0.2) is 30.6 Å². The third kappa shape index (κ3) is 3.16. The van der Waals surface area contributed by atoms with Crippen LogP contribution in [0.2, 0.25) is 0 Å². The van der Waals surface area contributed by atoms with E-state index in [0.717, 1.165) is 0 Å². The van der Waals surface area contributed by atoms with E-state index in [1.807, 2.05) is 0 Å². The quantitative estimate of drug-likeness (QED) is 0.715. The van der Waals surface area contributed by atoms with Gasteiger partial charge in [-0.15, -0.1) is 0 Å². The smallest absolute Gasteiger partial charge is 0.240 e. The molecule has 0 aliphatic heterocycles. The topological polar surface area (TPSA) is 104 Å². The van der Waals surface area contributed by atoms with E-state index in [0.29, 0.717) is 17.0 Å². The van der Waals surface area contributed by atoms with E-state index in [1.165, 1.54) is 37.8 Å². The predicted octanol–water partition coefficient (Wildman–Crippen LogP) is 0.389. The fraction of sp³-hybridized carbons (Fsp3) is 0.250. The van der Waals surface area contributed by atoms with Crippen molar-refractivity contribution in [2.24, 2.45) is 0 Å². The van der Waals surface area contributed by atoms with Gasteiger partial charge in [0.15, 0.2) is 0 Å². The molecule has 0 fully saturated rings. The highest BCUT2D eigenvalue weighted by atomic mass is 32.2. The molecule has 0 amide bonds. The van der Waals surface area contributed by atoms with Gasteiger partial charge in [-0.3, -0.25) is 0 Å². The first-order valence-electron chi connectivity index (χ1n) is 5.81. The van der Waals surface area contributed by atoms with E-state index in [-0.39, 0.29) is 18.0 Å². The number of aromatic nitrogens is 2. The van der Waals surface area contributed by atoms with Crippen LogP contribution < -0.4 is 9.46 Å². The number of aromatic amines is 1. The molecule has 0 aliphatic carbocycles. The maximum atomic E-state index is 12.1. The molecule has 7 nitrogen and oxygen atoms in total. The van der Waals surface area contributed by atoms with Crippen LogP contribution in [0, 0.1) is 0 Å². The van der Waals surface area contributed by atoms with Gasteiger partial charge < -0.3 is 14.8 Å². The predicted molar refractivity (Wildman–Crippen MR) is 71.5 cm³/mol. The zero-order valence-electron chi connectivity index (χ0n) is 10.8. The molecular formula is C12H15N3O4S. The summed E-state index contributed by atoms with van der Waals surface area (Å²) in [4.78, 5) is 6.68. The Morgan fingerprint density at radius 2 is 2.25 bits per heavy atom. The molecule has 0 radical (unpaired) electrons. The summed E-state index contributed by atoms with van der Waals surface area (Å²) in [5.74, 6) is 0.444. The molecule has 1 heterocycles. The van der Waals surface area contributed by atoms with Gasteiger partial charge in [0.05, 0.1) is 31.5 Å². The fourth-order valence-electron chi connectivity index (χ4n) is 1.68. The molecule has 0 bridgehead atoms. The first-order valence-corrected chi connectivity index (χ1v) is 7.30. The standard InChI is InChI=1S/C12H15N3O4S/c1-19-12-3-2-11(4-9(12)7-16)20(17,18)15-6-10-5-13-8-14-10/h2-5,8,15-16H,6-7H2,1H3,(H,13,14). The number of aliphatic hydroxyl groups excluding tert-OH is 1. The average Bonchev–Trinajstić information content (AvgIpc) is 2.97. The van der Waals surface area contributed by atoms with Crippen LogP contribution in [0.3, 0.4) is 0 Å². The van der Waals surface area contributed by atoms with Gasteiger partial charge in [-0.25, -0.2) is 18.1 Å². The number of hydrogen-bond acceptors (Lipinski definition) is 5. The zero-order chi connectivity index (χ0) is 14.6. The second-order valence-electron chi connectivity index (χ2n) is 4.03. The first-order chi connectivity index (χ1) is 9.56. The van der Waals surface area contributed by atoms with Crippen molar-refractivity contribution in [1.82, 2.24) is 14.7 Å². The minimum absolute atomic E-state index is 0.0712. The molecule has 0 aliphatic rings. The highest BCUT2D eigenvalue weighted by Crippen LogP contribution is 2.22. The van der Waals surface area contributed by atoms with Crippen molar-refractivity contribution in [1.29, 1.82) is 0 Å². The minimum atomic E-state index is -3.66. The SMILES string of the molecule is COc1ccc(S(=O)(=O)NCc2cnc[nH]2)cc1CO. The van der Waals surface area contributed by atoms with E-state index in [1.54, 1.807) is 0 Å². The number of nitrogens with zero attached hydrogens (tertiary/aromatic N) is 1. The van der Waals surface area contributed by atoms with Crippen LogP contribution in [0.5, 0.6) is 5.75 Å². The molecule has 20 heavy (non-hydrogen) atoms. The van der Waals surface area contributed by atoms with Gasteiger partial charge in [-0.05, 0) is 18.2 Å². The third-order valence-corrected chi connectivity index (χ3v) is 4.14. The van der Waals surface area contributed by atoms with Gasteiger partial charge in [0.2, 0.25) is 10.0 Å². The van der Waals surface area contributed by atoms with Crippen molar-refractivity contribution < 1.29 is 18.3 Å². The summed E-state index contributed by atoms with van der Waals surface area (Å²) in [5.41, 5.74) is 1.07. The van der Waals surface area contributed by atoms with E-state index in [4.69, 9.17) is 4.74 Å². The summed E-state index contributed by atoms with van der Waals surface area (Å²) in [7, 11) is -2.20. The Kier molecular flexibility index (Phi) is 4.38. The number of aliphatic hydroxyl groups is 1. The van der Waals surface area contributed by atoms with Crippen molar-refractivity contribution in [2.75, 3.05) is 7.11 Å². The summed E-state index contributed by atoms with van der Waals surface area (Å²) in [6.45, 7) is -0.185. The van der Waals surface area contributed by atoms with Crippen LogP contribution in [-0.2, 0) is 23.2 Å². The summed E-state index contributed by atoms with van der Waals surface area (Å²) in [5, 5.41) is 9.21. The Morgan fingerprint density at radius 1 is 1.45 bits per heavy atom. The lowest BCUT2D eigenvalue weighted by Crippen LogP contribution is -2.23. The van der Waals surface area contributed by atoms with E-state index in [2.05, 4.69) is 14.7 Å². The lowest BCUT2D eigenvalue weighted by Gasteiger charge is -2.10. The summed E-state index contributed by atoms with van der Waals surface area (Å²) >= 11 is 0. The molecule has 8 heteroatoms. The molecule has 3 N–H and O–H groups in total. The average molecular weight is 297 g/mol. The summed E-state index contributed by atoms with van der Waals surface area (Å²) < 4.78 is 31.7. The second kappa shape index (κ2) is 6.04. The number of methoxy groups -OCH3 is 1. The zero-order valence-corrected chi connectivity index (χ0v) is 11.6. The highest BCUT2D eigenvalue weighted by molar-refractivity contribution is 7.89. The second-order valence-corrected chi connectivity index (χ2v) is 5.80. The first kappa shape index (κ1) is 14.5. The highest BCUT2D eigenvalue weighted by Gasteiger charge is 2.16. The van der Waals surface area contributed by atoms with Gasteiger partial charge in [0.1, 0.15) is 5.75 Å². The lowest BCUT2D eigenvalue weighted by atomic mass is 10.2. The van der Waals surface area contributed by atoms with Gasteiger partial charge in [-0.2, -0.15) is 0 Å². The number of H-pyrrole nitrogens is 1. The van der Waals surface area contributed by atoms with E-state index < -0.39 is 10.0 Å². The van der Waals surface area contributed by atoms with E-state index >= 15 is 0 Å². The number of rotatable bonds is 6. The number of ether oxygens (including phenoxy) is 1. The summed E-state index contributed by atoms with van der Waals surface area (Å²) in [6.07, 6.45) is 3.01. The number of nitrogens with one attached hydrogen (secondary N) is 2. The molecular weight excluding hydrogens is 282 g/mol. The van der Waals surface area contributed by atoms with E-state index in [9.17, 15) is 13.5 Å². The number of sulfonamides is 1. The van der Waals surface area contributed by atoms with Crippen molar-refractivity contribution in [3.05, 3.63) is 42.0 Å². The number of hydrogen-bond donors (Lipinski definition) is 3. The number of benzene rings is 1. The Labute approximate surface area is 116 Å². The van der Waals surface area contributed by atoms with Crippen molar-refractivity contribution in [3.63, 3.8) is 0 Å². The van der Waals surface area contributed by atoms with Crippen LogP contribution in [0.15, 0.2) is 35.6 Å². The number of imidazole rings is 1. The Hall–Kier alpha value is -1.90. The van der Waals surface area contributed by atoms with Crippen LogP contribution in [0.4, 0.5) is 0 Å². The van der Waals surface area contributed by atoms with Crippen LogP contribution in [0.25, 0.3) is 0 Å². The summed E-state index contributed by atoms with van der Waals surface area (Å²) in [6, 6.07) is 4.32. The van der Waals surface area contributed by atoms with Crippen LogP contribution in [0.1, 0.15) is 11.3 Å². The molecule has 0 saturated carbocycles. The van der Waals surface area contributed by atoms with Gasteiger partial charge >= 0.3 is 0 Å². The molecule has 1 aromatic heterocycles. The third-order valence-electron chi connectivity index (χ3n) is 2.74. The molecule has 2 rings (SSSR count). The van der Waals surface area contributed by atoms with Crippen molar-refractivity contribution in [2.45, 2.75) is 18.0 Å². The van der Waals surface area contributed by atoms with Crippen molar-refractivity contribution in [3.8, 4) is 5.75 Å². The monoisotopic (exact) mass is 297 g/mol. The Morgan fingerprint density at radius 3 is 2.85 bits per heavy atom. The Balaban J connectivity index is 2.20. The van der Waals surface area contributed by atoms with Gasteiger partial charge in [0, 0.05) is 17.5 Å². The largest absolute Gasteiger partial charge is 0.496 e. The lowest BCUT2D eigenvalue weighted by molar-refractivity contribution is 0.273. The minimum Gasteiger partial charge on any atom is -0.496 e. The van der Waals surface area contributed by atoms with Crippen molar-refractivity contribution >= 4 is 10.0 Å². The molecule has 0 spiro atoms. The molecule has 2 aromatic rings. The van der Waals surface area contributed by atoms with Crippen LogP contribution >= 0.6 is 0 Å². The maximum absolute atomic E-state index is 12.1. The molecule has 108 valence electrons. The molecule has 0 atom stereocenters. The molecule has 1 aromatic carbocycles. The molecule has 0 unspecified atom stereocenters. The molecule has 0 saturated heterocycles.